The maximum Gasteiger partial charge on any atom is 0.198 e. The van der Waals surface area contributed by atoms with E-state index in [1.54, 1.807) is 0 Å². The van der Waals surface area contributed by atoms with E-state index in [-0.39, 0.29) is 5.41 Å². The maximum absolute atomic E-state index is 5.55. The summed E-state index contributed by atoms with van der Waals surface area (Å²) in [5, 5.41) is 0. The molecule has 2 heteroatoms. The van der Waals surface area contributed by atoms with Crippen molar-refractivity contribution in [2.75, 3.05) is 6.61 Å². The molecule has 74 valence electrons. The molecule has 0 aliphatic carbocycles. The molecule has 1 aliphatic rings. The van der Waals surface area contributed by atoms with E-state index < -0.39 is 0 Å². The van der Waals surface area contributed by atoms with Gasteiger partial charge in [0, 0.05) is 0 Å². The number of fused-ring (bicyclic) bond motifs is 1. The van der Waals surface area contributed by atoms with Crippen molar-refractivity contribution in [3.8, 4) is 0 Å². The van der Waals surface area contributed by atoms with Crippen LogP contribution in [0.2, 0.25) is 0 Å². The molecule has 1 aromatic carbocycles. The molecular weight excluding hydrogens is 174 g/mol. The summed E-state index contributed by atoms with van der Waals surface area (Å²) in [6.07, 6.45) is 0. The summed E-state index contributed by atoms with van der Waals surface area (Å²) in [4.78, 5) is 4.49. The number of nitrogens with zero attached hydrogens (tertiary/aromatic N) is 1. The lowest BCUT2D eigenvalue weighted by atomic mass is 9.86. The van der Waals surface area contributed by atoms with Crippen LogP contribution in [0, 0.1) is 0 Å². The Balaban J connectivity index is 2.45. The number of ether oxygens (including phenoxy) is 1. The third-order valence-electron chi connectivity index (χ3n) is 2.62. The van der Waals surface area contributed by atoms with E-state index >= 15 is 0 Å². The predicted molar refractivity (Wildman–Crippen MR) is 58.2 cm³/mol. The van der Waals surface area contributed by atoms with Crippen molar-refractivity contribution in [1.29, 1.82) is 0 Å². The van der Waals surface area contributed by atoms with Gasteiger partial charge in [-0.05, 0) is 32.4 Å². The third kappa shape index (κ3) is 1.22. The van der Waals surface area contributed by atoms with Crippen molar-refractivity contribution in [3.63, 3.8) is 0 Å². The lowest BCUT2D eigenvalue weighted by Crippen LogP contribution is -2.27. The van der Waals surface area contributed by atoms with Gasteiger partial charge in [0.25, 0.3) is 0 Å². The average Bonchev–Trinajstić information content (AvgIpc) is 2.41. The van der Waals surface area contributed by atoms with Crippen LogP contribution in [0.1, 0.15) is 26.3 Å². The van der Waals surface area contributed by atoms with Crippen molar-refractivity contribution in [2.45, 2.75) is 26.2 Å². The Morgan fingerprint density at radius 2 is 2.00 bits per heavy atom. The fraction of sp³-hybridized carbons (Fsp3) is 0.417. The smallest absolute Gasteiger partial charge is 0.198 e. The molecule has 0 saturated heterocycles. The van der Waals surface area contributed by atoms with Crippen LogP contribution in [-0.4, -0.2) is 12.5 Å². The summed E-state index contributed by atoms with van der Waals surface area (Å²) in [5.74, 6) is 0.834. The fourth-order valence-electron chi connectivity index (χ4n) is 1.81. The van der Waals surface area contributed by atoms with E-state index in [0.29, 0.717) is 6.61 Å². The minimum absolute atomic E-state index is 0.0768. The molecule has 0 aromatic heterocycles. The van der Waals surface area contributed by atoms with E-state index in [1.165, 1.54) is 5.56 Å². The summed E-state index contributed by atoms with van der Waals surface area (Å²) in [6, 6.07) is 8.20. The van der Waals surface area contributed by atoms with Crippen LogP contribution in [-0.2, 0) is 10.2 Å². The lowest BCUT2D eigenvalue weighted by molar-refractivity contribution is 0.300. The van der Waals surface area contributed by atoms with Gasteiger partial charge in [0.05, 0.1) is 17.7 Å². The van der Waals surface area contributed by atoms with Gasteiger partial charge in [-0.1, -0.05) is 18.2 Å². The minimum Gasteiger partial charge on any atom is -0.480 e. The van der Waals surface area contributed by atoms with Crippen LogP contribution in [0.15, 0.2) is 29.3 Å². The Morgan fingerprint density at radius 1 is 1.29 bits per heavy atom. The molecule has 14 heavy (non-hydrogen) atoms. The zero-order valence-electron chi connectivity index (χ0n) is 8.87. The quantitative estimate of drug-likeness (QED) is 0.665. The first kappa shape index (κ1) is 9.25. The highest BCUT2D eigenvalue weighted by atomic mass is 16.5. The summed E-state index contributed by atoms with van der Waals surface area (Å²) < 4.78 is 5.55. The van der Waals surface area contributed by atoms with Crippen LogP contribution < -0.4 is 0 Å². The van der Waals surface area contributed by atoms with E-state index in [4.69, 9.17) is 4.74 Å². The van der Waals surface area contributed by atoms with Crippen molar-refractivity contribution in [1.82, 2.24) is 0 Å². The molecule has 1 aromatic rings. The Morgan fingerprint density at radius 3 is 2.64 bits per heavy atom. The first-order valence-corrected chi connectivity index (χ1v) is 4.97. The summed E-state index contributed by atoms with van der Waals surface area (Å²) in [7, 11) is 0. The number of aliphatic imine (C=N–C) groups is 1. The van der Waals surface area contributed by atoms with Gasteiger partial charge >= 0.3 is 0 Å². The van der Waals surface area contributed by atoms with Crippen molar-refractivity contribution in [2.24, 2.45) is 4.99 Å². The minimum atomic E-state index is -0.0768. The molecule has 0 saturated carbocycles. The van der Waals surface area contributed by atoms with Crippen LogP contribution in [0.25, 0.3) is 0 Å². The van der Waals surface area contributed by atoms with E-state index in [0.717, 1.165) is 11.6 Å². The van der Waals surface area contributed by atoms with Crippen molar-refractivity contribution >= 4 is 11.6 Å². The lowest BCUT2D eigenvalue weighted by Gasteiger charge is -2.21. The molecule has 2 nitrogen and oxygen atoms in total. The van der Waals surface area contributed by atoms with Gasteiger partial charge in [-0.2, -0.15) is 0 Å². The fourth-order valence-corrected chi connectivity index (χ4v) is 1.81. The van der Waals surface area contributed by atoms with Gasteiger partial charge in [0.15, 0.2) is 5.90 Å². The molecule has 2 rings (SSSR count). The van der Waals surface area contributed by atoms with Crippen LogP contribution in [0.5, 0.6) is 0 Å². The molecule has 0 atom stereocenters. The third-order valence-corrected chi connectivity index (χ3v) is 2.62. The number of hydrogen-bond acceptors (Lipinski definition) is 2. The second-order valence-electron chi connectivity index (χ2n) is 3.99. The molecule has 0 amide bonds. The monoisotopic (exact) mass is 189 g/mol. The van der Waals surface area contributed by atoms with E-state index in [1.807, 2.05) is 25.1 Å². The molecule has 1 aliphatic heterocycles. The summed E-state index contributed by atoms with van der Waals surface area (Å²) >= 11 is 0. The van der Waals surface area contributed by atoms with Gasteiger partial charge in [0.2, 0.25) is 0 Å². The van der Waals surface area contributed by atoms with Crippen molar-refractivity contribution in [3.05, 3.63) is 29.8 Å². The largest absolute Gasteiger partial charge is 0.480 e. The second-order valence-corrected chi connectivity index (χ2v) is 3.99. The molecule has 0 radical (unpaired) electrons. The molecule has 1 heterocycles. The zero-order valence-corrected chi connectivity index (χ0v) is 8.87. The Hall–Kier alpha value is -1.31. The van der Waals surface area contributed by atoms with Gasteiger partial charge in [0.1, 0.15) is 0 Å². The van der Waals surface area contributed by atoms with Crippen LogP contribution in [0.3, 0.4) is 0 Å². The molecular formula is C12H15NO. The van der Waals surface area contributed by atoms with Gasteiger partial charge in [-0.3, -0.25) is 0 Å². The summed E-state index contributed by atoms with van der Waals surface area (Å²) in [5.41, 5.74) is 2.22. The molecule has 0 unspecified atom stereocenters. The number of hydrogen-bond donors (Lipinski definition) is 0. The van der Waals surface area contributed by atoms with Gasteiger partial charge < -0.3 is 4.74 Å². The Kier molecular flexibility index (Phi) is 2.06. The maximum atomic E-state index is 5.55. The highest BCUT2D eigenvalue weighted by Crippen LogP contribution is 2.39. The number of para-hydroxylation sites is 1. The van der Waals surface area contributed by atoms with Crippen LogP contribution in [0.4, 0.5) is 5.69 Å². The topological polar surface area (TPSA) is 21.6 Å². The normalized spacial score (nSPS) is 17.5. The molecule has 0 N–H and O–H groups in total. The number of rotatable bonds is 1. The SMILES string of the molecule is CCOC1=Nc2ccccc2C1(C)C. The predicted octanol–water partition coefficient (Wildman–Crippen LogP) is 3.04. The highest BCUT2D eigenvalue weighted by Gasteiger charge is 2.36. The number of benzene rings is 1. The molecule has 0 bridgehead atoms. The first-order chi connectivity index (χ1) is 6.66. The Bertz CT molecular complexity index is 380. The second kappa shape index (κ2) is 3.12. The standard InChI is InChI=1S/C12H15NO/c1-4-14-11-12(2,3)9-7-5-6-8-10(9)13-11/h5-8H,4H2,1-3H3. The average molecular weight is 189 g/mol. The van der Waals surface area contributed by atoms with Crippen molar-refractivity contribution < 1.29 is 4.74 Å². The highest BCUT2D eigenvalue weighted by molar-refractivity contribution is 5.95. The van der Waals surface area contributed by atoms with Gasteiger partial charge in [-0.15, -0.1) is 0 Å². The van der Waals surface area contributed by atoms with E-state index in [2.05, 4.69) is 24.9 Å². The van der Waals surface area contributed by atoms with E-state index in [9.17, 15) is 0 Å². The van der Waals surface area contributed by atoms with Gasteiger partial charge in [-0.25, -0.2) is 4.99 Å². The van der Waals surface area contributed by atoms with Crippen LogP contribution >= 0.6 is 0 Å². The summed E-state index contributed by atoms with van der Waals surface area (Å²) in [6.45, 7) is 6.96. The zero-order chi connectivity index (χ0) is 10.2. The Labute approximate surface area is 84.6 Å². The molecule has 0 spiro atoms. The molecule has 0 fully saturated rings. The first-order valence-electron chi connectivity index (χ1n) is 4.97.